The predicted molar refractivity (Wildman–Crippen MR) is 116 cm³/mol. The van der Waals surface area contributed by atoms with E-state index in [-0.39, 0.29) is 12.0 Å². The second kappa shape index (κ2) is 18.2. The van der Waals surface area contributed by atoms with Crippen molar-refractivity contribution in [1.82, 2.24) is 0 Å². The van der Waals surface area contributed by atoms with Gasteiger partial charge in [-0.1, -0.05) is 111 Å². The second-order valence-corrected chi connectivity index (χ2v) is 9.34. The average Bonchev–Trinajstić information content (AvgIpc) is 2.61. The highest BCUT2D eigenvalue weighted by Gasteiger charge is 2.28. The molecule has 0 saturated carbocycles. The van der Waals surface area contributed by atoms with Crippen LogP contribution in [0.4, 0.5) is 0 Å². The van der Waals surface area contributed by atoms with Gasteiger partial charge in [0.1, 0.15) is 0 Å². The van der Waals surface area contributed by atoms with Crippen molar-refractivity contribution in [3.05, 3.63) is 0 Å². The highest BCUT2D eigenvalue weighted by Crippen LogP contribution is 2.42. The first-order valence-corrected chi connectivity index (χ1v) is 13.2. The summed E-state index contributed by atoms with van der Waals surface area (Å²) < 4.78 is 16.8. The fraction of sp³-hybridized carbons (Fsp3) is 1.00. The molecule has 0 heterocycles. The Balaban J connectivity index is 4.52. The van der Waals surface area contributed by atoms with Crippen molar-refractivity contribution in [2.45, 2.75) is 136 Å². The molecule has 0 aliphatic carbocycles. The van der Waals surface area contributed by atoms with Gasteiger partial charge in [-0.25, -0.2) is 4.57 Å². The van der Waals surface area contributed by atoms with Gasteiger partial charge in [0, 0.05) is 0 Å². The second-order valence-electron chi connectivity index (χ2n) is 8.15. The standard InChI is InChI=1S/C22H47O4P/c1-4-7-10-12-14-16-19-21(18-9-6-3)22(26-27(23,24)25)20-17-15-13-11-8-5-2/h21-22H,4-20H2,1-3H3,(H2,23,24,25). The monoisotopic (exact) mass is 406 g/mol. The van der Waals surface area contributed by atoms with Crippen LogP contribution in [0.15, 0.2) is 0 Å². The van der Waals surface area contributed by atoms with Gasteiger partial charge in [-0.2, -0.15) is 0 Å². The van der Waals surface area contributed by atoms with E-state index in [2.05, 4.69) is 20.8 Å². The summed E-state index contributed by atoms with van der Waals surface area (Å²) in [5.41, 5.74) is 0. The minimum Gasteiger partial charge on any atom is -0.303 e. The fourth-order valence-electron chi connectivity index (χ4n) is 3.85. The highest BCUT2D eigenvalue weighted by atomic mass is 31.2. The Hall–Kier alpha value is 0.110. The van der Waals surface area contributed by atoms with Gasteiger partial charge in [0.25, 0.3) is 0 Å². The van der Waals surface area contributed by atoms with Gasteiger partial charge in [0.05, 0.1) is 6.10 Å². The summed E-state index contributed by atoms with van der Waals surface area (Å²) in [4.78, 5) is 18.8. The van der Waals surface area contributed by atoms with Crippen LogP contribution < -0.4 is 0 Å². The maximum absolute atomic E-state index is 11.5. The predicted octanol–water partition coefficient (Wildman–Crippen LogP) is 7.77. The molecule has 0 aliphatic rings. The van der Waals surface area contributed by atoms with Gasteiger partial charge in [0.2, 0.25) is 0 Å². The van der Waals surface area contributed by atoms with E-state index in [4.69, 9.17) is 4.52 Å². The minimum atomic E-state index is -4.43. The molecule has 0 aromatic heterocycles. The van der Waals surface area contributed by atoms with Crippen LogP contribution in [0.25, 0.3) is 0 Å². The van der Waals surface area contributed by atoms with Crippen LogP contribution in [-0.4, -0.2) is 15.9 Å². The van der Waals surface area contributed by atoms with Crippen LogP contribution >= 0.6 is 7.82 Å². The molecule has 0 aromatic carbocycles. The maximum Gasteiger partial charge on any atom is 0.469 e. The third-order valence-corrected chi connectivity index (χ3v) is 6.04. The van der Waals surface area contributed by atoms with Crippen LogP contribution in [0.3, 0.4) is 0 Å². The van der Waals surface area contributed by atoms with E-state index in [9.17, 15) is 14.4 Å². The topological polar surface area (TPSA) is 66.8 Å². The van der Waals surface area contributed by atoms with Gasteiger partial charge in [-0.05, 0) is 25.2 Å². The number of hydrogen-bond acceptors (Lipinski definition) is 2. The first-order valence-electron chi connectivity index (χ1n) is 11.7. The van der Waals surface area contributed by atoms with E-state index in [1.165, 1.54) is 57.8 Å². The van der Waals surface area contributed by atoms with Crippen molar-refractivity contribution in [3.63, 3.8) is 0 Å². The van der Waals surface area contributed by atoms with E-state index in [0.29, 0.717) is 0 Å². The zero-order valence-corrected chi connectivity index (χ0v) is 19.2. The molecule has 164 valence electrons. The fourth-order valence-corrected chi connectivity index (χ4v) is 4.48. The van der Waals surface area contributed by atoms with E-state index >= 15 is 0 Å². The summed E-state index contributed by atoms with van der Waals surface area (Å²) in [6.07, 6.45) is 19.4. The van der Waals surface area contributed by atoms with Crippen LogP contribution in [0.1, 0.15) is 130 Å². The Kier molecular flexibility index (Phi) is 18.2. The van der Waals surface area contributed by atoms with Crippen molar-refractivity contribution >= 4 is 7.82 Å². The van der Waals surface area contributed by atoms with Crippen molar-refractivity contribution in [1.29, 1.82) is 0 Å². The Morgan fingerprint density at radius 2 is 1.04 bits per heavy atom. The largest absolute Gasteiger partial charge is 0.469 e. The third-order valence-electron chi connectivity index (χ3n) is 5.50. The number of phosphoric acid groups is 1. The van der Waals surface area contributed by atoms with Crippen LogP contribution in [0.2, 0.25) is 0 Å². The quantitative estimate of drug-likeness (QED) is 0.160. The van der Waals surface area contributed by atoms with Gasteiger partial charge >= 0.3 is 7.82 Å². The van der Waals surface area contributed by atoms with E-state index in [1.54, 1.807) is 0 Å². The lowest BCUT2D eigenvalue weighted by molar-refractivity contribution is 0.0696. The molecule has 0 spiro atoms. The van der Waals surface area contributed by atoms with Gasteiger partial charge < -0.3 is 9.79 Å². The Labute approximate surface area is 169 Å². The molecule has 2 unspecified atom stereocenters. The Bertz CT molecular complexity index is 356. The number of unbranched alkanes of at least 4 members (excludes halogenated alkanes) is 11. The molecule has 0 saturated heterocycles. The summed E-state index contributed by atoms with van der Waals surface area (Å²) in [6.45, 7) is 6.62. The molecule has 2 N–H and O–H groups in total. The minimum absolute atomic E-state index is 0.277. The van der Waals surface area contributed by atoms with Crippen molar-refractivity contribution in [2.24, 2.45) is 5.92 Å². The van der Waals surface area contributed by atoms with E-state index < -0.39 is 7.82 Å². The van der Waals surface area contributed by atoms with Crippen LogP contribution in [0.5, 0.6) is 0 Å². The molecule has 0 bridgehead atoms. The smallest absolute Gasteiger partial charge is 0.303 e. The molecule has 0 amide bonds. The molecule has 0 aliphatic heterocycles. The first kappa shape index (κ1) is 27.1. The maximum atomic E-state index is 11.5. The van der Waals surface area contributed by atoms with Crippen LogP contribution in [-0.2, 0) is 9.09 Å². The Morgan fingerprint density at radius 3 is 1.52 bits per heavy atom. The van der Waals surface area contributed by atoms with Crippen molar-refractivity contribution in [3.8, 4) is 0 Å². The lowest BCUT2D eigenvalue weighted by Crippen LogP contribution is -2.23. The summed E-state index contributed by atoms with van der Waals surface area (Å²) in [6, 6.07) is 0. The zero-order chi connectivity index (χ0) is 20.4. The van der Waals surface area contributed by atoms with Gasteiger partial charge in [-0.3, -0.25) is 4.52 Å². The van der Waals surface area contributed by atoms with E-state index in [0.717, 1.165) is 51.4 Å². The molecule has 0 aromatic rings. The molecule has 0 radical (unpaired) electrons. The Morgan fingerprint density at radius 1 is 0.630 bits per heavy atom. The summed E-state index contributed by atoms with van der Waals surface area (Å²) in [5.74, 6) is 0.277. The normalized spacial score (nSPS) is 14.4. The molecule has 5 heteroatoms. The van der Waals surface area contributed by atoms with Gasteiger partial charge in [0.15, 0.2) is 0 Å². The SMILES string of the molecule is CCCCCCCCC(CCCC)C(CCCCCCCC)OP(=O)(O)O. The molecular weight excluding hydrogens is 359 g/mol. The molecule has 0 rings (SSSR count). The van der Waals surface area contributed by atoms with Crippen molar-refractivity contribution < 1.29 is 18.9 Å². The van der Waals surface area contributed by atoms with E-state index in [1.807, 2.05) is 0 Å². The molecule has 27 heavy (non-hydrogen) atoms. The van der Waals surface area contributed by atoms with Crippen molar-refractivity contribution in [2.75, 3.05) is 0 Å². The molecule has 0 fully saturated rings. The average molecular weight is 407 g/mol. The first-order chi connectivity index (χ1) is 12.9. The summed E-state index contributed by atoms with van der Waals surface area (Å²) >= 11 is 0. The zero-order valence-electron chi connectivity index (χ0n) is 18.3. The molecule has 2 atom stereocenters. The lowest BCUT2D eigenvalue weighted by Gasteiger charge is -2.28. The summed E-state index contributed by atoms with van der Waals surface area (Å²) in [5, 5.41) is 0. The highest BCUT2D eigenvalue weighted by molar-refractivity contribution is 7.46. The molecule has 4 nitrogen and oxygen atoms in total. The summed E-state index contributed by atoms with van der Waals surface area (Å²) in [7, 11) is -4.43. The third kappa shape index (κ3) is 17.9. The number of phosphoric ester groups is 1. The van der Waals surface area contributed by atoms with Crippen LogP contribution in [0, 0.1) is 5.92 Å². The number of rotatable bonds is 20. The number of hydrogen-bond donors (Lipinski definition) is 2. The lowest BCUT2D eigenvalue weighted by atomic mass is 9.87. The molecular formula is C22H47O4P. The van der Waals surface area contributed by atoms with Gasteiger partial charge in [-0.15, -0.1) is 0 Å².